The fraction of sp³-hybridized carbons (Fsp3) is 0.667. The minimum absolute atomic E-state index is 0.00596. The van der Waals surface area contributed by atoms with Crippen molar-refractivity contribution in [2.75, 3.05) is 19.0 Å². The van der Waals surface area contributed by atoms with Gasteiger partial charge in [0, 0.05) is 6.54 Å². The van der Waals surface area contributed by atoms with Gasteiger partial charge in [0.25, 0.3) is 5.88 Å². The average Bonchev–Trinajstić information content (AvgIpc) is 2.37. The van der Waals surface area contributed by atoms with Crippen LogP contribution in [0.4, 0.5) is 11.5 Å². The molecule has 7 nitrogen and oxygen atoms in total. The maximum Gasteiger partial charge on any atom is 0.372 e. The smallest absolute Gasteiger partial charge is 0.372 e. The predicted octanol–water partition coefficient (Wildman–Crippen LogP) is 2.69. The minimum atomic E-state index is -0.521. The van der Waals surface area contributed by atoms with E-state index in [1.807, 2.05) is 0 Å². The Balaban J connectivity index is 2.80. The lowest BCUT2D eigenvalue weighted by Crippen LogP contribution is -2.09. The quantitative estimate of drug-likeness (QED) is 0.443. The maximum atomic E-state index is 11.1. The number of nitrogens with zero attached hydrogens (tertiary/aromatic N) is 3. The van der Waals surface area contributed by atoms with Gasteiger partial charge in [0.1, 0.15) is 5.82 Å². The third kappa shape index (κ3) is 4.35. The van der Waals surface area contributed by atoms with Crippen LogP contribution in [0.2, 0.25) is 0 Å². The van der Waals surface area contributed by atoms with Gasteiger partial charge in [-0.15, -0.1) is 0 Å². The molecule has 1 aromatic rings. The summed E-state index contributed by atoms with van der Waals surface area (Å²) >= 11 is 0. The van der Waals surface area contributed by atoms with Gasteiger partial charge < -0.3 is 10.1 Å². The number of anilines is 1. The fourth-order valence-electron chi connectivity index (χ4n) is 1.73. The van der Waals surface area contributed by atoms with Crippen molar-refractivity contribution in [1.29, 1.82) is 0 Å². The molecule has 0 aromatic carbocycles. The highest BCUT2D eigenvalue weighted by molar-refractivity contribution is 5.61. The predicted molar refractivity (Wildman–Crippen MR) is 72.6 cm³/mol. The van der Waals surface area contributed by atoms with E-state index in [4.69, 9.17) is 4.74 Å². The standard InChI is InChI=1S/C12H20N4O3/c1-4-5-6-7-8-13-11-10(16(17)18)12(19-3)15-9(2)14-11/h4-8H2,1-3H3,(H,13,14,15). The third-order valence-electron chi connectivity index (χ3n) is 2.66. The van der Waals surface area contributed by atoms with Crippen molar-refractivity contribution in [2.45, 2.75) is 39.5 Å². The summed E-state index contributed by atoms with van der Waals surface area (Å²) < 4.78 is 4.94. The molecule has 1 rings (SSSR count). The molecular weight excluding hydrogens is 248 g/mol. The van der Waals surface area contributed by atoms with Crippen molar-refractivity contribution in [3.05, 3.63) is 15.9 Å². The Morgan fingerprint density at radius 1 is 1.32 bits per heavy atom. The van der Waals surface area contributed by atoms with Crippen molar-refractivity contribution < 1.29 is 9.66 Å². The van der Waals surface area contributed by atoms with E-state index in [9.17, 15) is 10.1 Å². The van der Waals surface area contributed by atoms with Gasteiger partial charge in [0.05, 0.1) is 12.0 Å². The third-order valence-corrected chi connectivity index (χ3v) is 2.66. The lowest BCUT2D eigenvalue weighted by atomic mass is 10.2. The Morgan fingerprint density at radius 3 is 2.63 bits per heavy atom. The lowest BCUT2D eigenvalue weighted by Gasteiger charge is -2.08. The van der Waals surface area contributed by atoms with Crippen molar-refractivity contribution in [3.8, 4) is 5.88 Å². The van der Waals surface area contributed by atoms with Gasteiger partial charge in [0.2, 0.25) is 5.82 Å². The molecule has 1 heterocycles. The zero-order valence-corrected chi connectivity index (χ0v) is 11.6. The van der Waals surface area contributed by atoms with E-state index >= 15 is 0 Å². The highest BCUT2D eigenvalue weighted by atomic mass is 16.6. The van der Waals surface area contributed by atoms with Crippen LogP contribution in [-0.4, -0.2) is 28.5 Å². The summed E-state index contributed by atoms with van der Waals surface area (Å²) in [6.07, 6.45) is 4.37. The second-order valence-corrected chi connectivity index (χ2v) is 4.22. The van der Waals surface area contributed by atoms with Crippen LogP contribution >= 0.6 is 0 Å². The first-order valence-electron chi connectivity index (χ1n) is 6.41. The summed E-state index contributed by atoms with van der Waals surface area (Å²) in [6, 6.07) is 0. The summed E-state index contributed by atoms with van der Waals surface area (Å²) in [7, 11) is 1.36. The largest absolute Gasteiger partial charge is 0.476 e. The number of methoxy groups -OCH3 is 1. The number of aryl methyl sites for hydroxylation is 1. The first-order valence-corrected chi connectivity index (χ1v) is 6.41. The molecule has 1 aromatic heterocycles. The number of hydrogen-bond donors (Lipinski definition) is 1. The van der Waals surface area contributed by atoms with Gasteiger partial charge in [0.15, 0.2) is 0 Å². The molecule has 0 spiro atoms. The van der Waals surface area contributed by atoms with E-state index in [0.717, 1.165) is 25.7 Å². The van der Waals surface area contributed by atoms with Crippen LogP contribution in [0, 0.1) is 17.0 Å². The van der Waals surface area contributed by atoms with Crippen LogP contribution in [0.15, 0.2) is 0 Å². The summed E-state index contributed by atoms with van der Waals surface area (Å²) in [4.78, 5) is 18.5. The van der Waals surface area contributed by atoms with Gasteiger partial charge in [-0.05, 0) is 13.3 Å². The van der Waals surface area contributed by atoms with E-state index < -0.39 is 4.92 Å². The van der Waals surface area contributed by atoms with Crippen LogP contribution in [0.25, 0.3) is 0 Å². The first kappa shape index (κ1) is 15.1. The van der Waals surface area contributed by atoms with Crippen molar-refractivity contribution >= 4 is 11.5 Å². The highest BCUT2D eigenvalue weighted by Gasteiger charge is 2.24. The molecule has 0 saturated carbocycles. The Morgan fingerprint density at radius 2 is 2.05 bits per heavy atom. The number of ether oxygens (including phenoxy) is 1. The van der Waals surface area contributed by atoms with Gasteiger partial charge in [-0.1, -0.05) is 26.2 Å². The first-order chi connectivity index (χ1) is 9.10. The molecule has 0 unspecified atom stereocenters. The van der Waals surface area contributed by atoms with Crippen LogP contribution in [-0.2, 0) is 0 Å². The summed E-state index contributed by atoms with van der Waals surface area (Å²) in [5.41, 5.74) is -0.205. The van der Waals surface area contributed by atoms with Crippen LogP contribution in [0.5, 0.6) is 5.88 Å². The second-order valence-electron chi connectivity index (χ2n) is 4.22. The molecule has 19 heavy (non-hydrogen) atoms. The summed E-state index contributed by atoms with van der Waals surface area (Å²) in [5, 5.41) is 14.0. The summed E-state index contributed by atoms with van der Waals surface area (Å²) in [6.45, 7) is 4.46. The molecule has 0 radical (unpaired) electrons. The zero-order chi connectivity index (χ0) is 14.3. The number of nitro groups is 1. The van der Waals surface area contributed by atoms with Gasteiger partial charge >= 0.3 is 5.69 Å². The Bertz CT molecular complexity index is 437. The molecule has 0 aliphatic heterocycles. The number of rotatable bonds is 8. The molecule has 106 valence electrons. The van der Waals surface area contributed by atoms with Crippen LogP contribution in [0.1, 0.15) is 38.4 Å². The number of unbranched alkanes of at least 4 members (excludes halogenated alkanes) is 3. The Kier molecular flexibility index (Phi) is 5.98. The van der Waals surface area contributed by atoms with E-state index in [1.54, 1.807) is 6.92 Å². The van der Waals surface area contributed by atoms with E-state index in [2.05, 4.69) is 22.2 Å². The molecule has 0 aliphatic rings. The molecule has 0 bridgehead atoms. The lowest BCUT2D eigenvalue weighted by molar-refractivity contribution is -0.385. The van der Waals surface area contributed by atoms with Crippen molar-refractivity contribution in [3.63, 3.8) is 0 Å². The average molecular weight is 268 g/mol. The number of aromatic nitrogens is 2. The minimum Gasteiger partial charge on any atom is -0.476 e. The SMILES string of the molecule is CCCCCCNc1nc(C)nc(OC)c1[N+](=O)[O-]. The van der Waals surface area contributed by atoms with Gasteiger partial charge in [-0.25, -0.2) is 4.98 Å². The zero-order valence-electron chi connectivity index (χ0n) is 11.6. The molecule has 1 N–H and O–H groups in total. The van der Waals surface area contributed by atoms with Gasteiger partial charge in [-0.3, -0.25) is 10.1 Å². The van der Waals surface area contributed by atoms with E-state index in [-0.39, 0.29) is 17.4 Å². The topological polar surface area (TPSA) is 90.2 Å². The molecule has 7 heteroatoms. The maximum absolute atomic E-state index is 11.1. The second kappa shape index (κ2) is 7.50. The van der Waals surface area contributed by atoms with Crippen molar-refractivity contribution in [2.24, 2.45) is 0 Å². The van der Waals surface area contributed by atoms with Gasteiger partial charge in [-0.2, -0.15) is 4.98 Å². The Hall–Kier alpha value is -1.92. The normalized spacial score (nSPS) is 10.3. The highest BCUT2D eigenvalue weighted by Crippen LogP contribution is 2.31. The molecule has 0 saturated heterocycles. The number of hydrogen-bond acceptors (Lipinski definition) is 6. The monoisotopic (exact) mass is 268 g/mol. The Labute approximate surface area is 112 Å². The molecule has 0 fully saturated rings. The van der Waals surface area contributed by atoms with Crippen LogP contribution < -0.4 is 10.1 Å². The van der Waals surface area contributed by atoms with Crippen molar-refractivity contribution in [1.82, 2.24) is 9.97 Å². The number of nitrogens with one attached hydrogen (secondary N) is 1. The van der Waals surface area contributed by atoms with E-state index in [1.165, 1.54) is 7.11 Å². The van der Waals surface area contributed by atoms with Crippen LogP contribution in [0.3, 0.4) is 0 Å². The molecule has 0 aliphatic carbocycles. The molecule has 0 amide bonds. The molecule has 0 atom stereocenters. The summed E-state index contributed by atoms with van der Waals surface area (Å²) in [5.74, 6) is 0.665. The fourth-order valence-corrected chi connectivity index (χ4v) is 1.73. The molecular formula is C12H20N4O3. The van der Waals surface area contributed by atoms with E-state index in [0.29, 0.717) is 12.4 Å².